The van der Waals surface area contributed by atoms with E-state index in [0.717, 1.165) is 18.9 Å². The fourth-order valence-corrected chi connectivity index (χ4v) is 3.51. The first kappa shape index (κ1) is 12.3. The molecule has 0 radical (unpaired) electrons. The van der Waals surface area contributed by atoms with Crippen LogP contribution in [0.5, 0.6) is 0 Å². The van der Waals surface area contributed by atoms with Gasteiger partial charge in [0.05, 0.1) is 17.8 Å². The maximum Gasteiger partial charge on any atom is 0.186 e. The normalized spacial score (nSPS) is 15.6. The number of aromatic nitrogens is 2. The molecule has 0 N–H and O–H groups in total. The molecule has 0 unspecified atom stereocenters. The van der Waals surface area contributed by atoms with Crippen molar-refractivity contribution >= 4 is 9.84 Å². The molecule has 0 amide bonds. The van der Waals surface area contributed by atoms with Crippen molar-refractivity contribution in [1.82, 2.24) is 9.55 Å². The molecule has 0 saturated heterocycles. The Labute approximate surface area is 110 Å². The van der Waals surface area contributed by atoms with Crippen LogP contribution in [0.25, 0.3) is 0 Å². The van der Waals surface area contributed by atoms with Crippen LogP contribution in [0.1, 0.15) is 24.6 Å². The number of rotatable bonds is 4. The van der Waals surface area contributed by atoms with Crippen molar-refractivity contribution in [2.45, 2.75) is 29.5 Å². The fraction of sp³-hybridized carbons (Fsp3) is 0.308. The van der Waals surface area contributed by atoms with E-state index >= 15 is 0 Å². The third-order valence-corrected chi connectivity index (χ3v) is 4.87. The molecule has 0 aliphatic heterocycles. The predicted molar refractivity (Wildman–Crippen MR) is 67.8 cm³/mol. The summed E-state index contributed by atoms with van der Waals surface area (Å²) in [6.45, 7) is 0. The Bertz CT molecular complexity index is 705. The summed E-state index contributed by atoms with van der Waals surface area (Å²) in [4.78, 5) is 3.74. The maximum atomic E-state index is 13.6. The molecule has 1 aromatic heterocycles. The lowest BCUT2D eigenvalue weighted by molar-refractivity contribution is 0.564. The lowest BCUT2D eigenvalue weighted by Crippen LogP contribution is -2.10. The van der Waals surface area contributed by atoms with Crippen LogP contribution in [0.3, 0.4) is 0 Å². The minimum absolute atomic E-state index is 0.218. The van der Waals surface area contributed by atoms with E-state index in [0.29, 0.717) is 11.7 Å². The first-order valence-corrected chi connectivity index (χ1v) is 7.71. The van der Waals surface area contributed by atoms with Crippen LogP contribution in [0.15, 0.2) is 41.7 Å². The van der Waals surface area contributed by atoms with Gasteiger partial charge in [0, 0.05) is 12.2 Å². The summed E-state index contributed by atoms with van der Waals surface area (Å²) in [5.74, 6) is -0.926. The van der Waals surface area contributed by atoms with Crippen LogP contribution in [0.4, 0.5) is 4.39 Å². The highest BCUT2D eigenvalue weighted by molar-refractivity contribution is 7.90. The molecule has 1 aliphatic rings. The zero-order valence-electron chi connectivity index (χ0n) is 10.2. The Balaban J connectivity index is 1.93. The van der Waals surface area contributed by atoms with Gasteiger partial charge in [0.2, 0.25) is 0 Å². The quantitative estimate of drug-likeness (QED) is 0.863. The van der Waals surface area contributed by atoms with Crippen molar-refractivity contribution in [2.75, 3.05) is 0 Å². The summed E-state index contributed by atoms with van der Waals surface area (Å²) >= 11 is 0. The molecule has 1 fully saturated rings. The van der Waals surface area contributed by atoms with Crippen LogP contribution in [0, 0.1) is 5.82 Å². The van der Waals surface area contributed by atoms with Gasteiger partial charge in [0.15, 0.2) is 9.84 Å². The van der Waals surface area contributed by atoms with Crippen molar-refractivity contribution in [3.8, 4) is 0 Å². The van der Waals surface area contributed by atoms with Crippen LogP contribution in [-0.4, -0.2) is 18.0 Å². The number of benzene rings is 1. The summed E-state index contributed by atoms with van der Waals surface area (Å²) in [5.41, 5.74) is 0.616. The second kappa shape index (κ2) is 4.45. The van der Waals surface area contributed by atoms with E-state index in [1.165, 1.54) is 24.4 Å². The lowest BCUT2D eigenvalue weighted by atomic mass is 10.3. The first-order valence-electron chi connectivity index (χ1n) is 6.06. The van der Waals surface area contributed by atoms with Crippen LogP contribution in [0.2, 0.25) is 0 Å². The second-order valence-corrected chi connectivity index (χ2v) is 6.67. The summed E-state index contributed by atoms with van der Waals surface area (Å²) in [7, 11) is -3.68. The molecule has 6 heteroatoms. The summed E-state index contributed by atoms with van der Waals surface area (Å²) in [5, 5.41) is 0. The highest BCUT2D eigenvalue weighted by Gasteiger charge is 2.28. The zero-order valence-corrected chi connectivity index (χ0v) is 11.0. The number of hydrogen-bond acceptors (Lipinski definition) is 3. The third-order valence-electron chi connectivity index (χ3n) is 3.20. The lowest BCUT2D eigenvalue weighted by Gasteiger charge is -2.08. The van der Waals surface area contributed by atoms with Crippen molar-refractivity contribution in [1.29, 1.82) is 0 Å². The predicted octanol–water partition coefficient (Wildman–Crippen LogP) is 2.33. The molecule has 4 nitrogen and oxygen atoms in total. The Morgan fingerprint density at radius 1 is 1.32 bits per heavy atom. The van der Waals surface area contributed by atoms with Crippen LogP contribution < -0.4 is 0 Å². The summed E-state index contributed by atoms with van der Waals surface area (Å²) < 4.78 is 39.9. The minimum atomic E-state index is -3.68. The van der Waals surface area contributed by atoms with Crippen molar-refractivity contribution in [3.05, 3.63) is 48.3 Å². The summed E-state index contributed by atoms with van der Waals surface area (Å²) in [6.07, 6.45) is 5.27. The Kier molecular flexibility index (Phi) is 2.89. The average molecular weight is 280 g/mol. The molecule has 1 aliphatic carbocycles. The second-order valence-electron chi connectivity index (χ2n) is 4.71. The highest BCUT2D eigenvalue weighted by Crippen LogP contribution is 2.36. The molecular weight excluding hydrogens is 267 g/mol. The molecule has 3 rings (SSSR count). The van der Waals surface area contributed by atoms with Gasteiger partial charge in [-0.2, -0.15) is 0 Å². The third kappa shape index (κ3) is 2.40. The van der Waals surface area contributed by atoms with E-state index in [1.807, 2.05) is 4.57 Å². The number of sulfone groups is 1. The first-order chi connectivity index (χ1) is 9.08. The van der Waals surface area contributed by atoms with E-state index < -0.39 is 15.7 Å². The molecule has 1 aromatic carbocycles. The van der Waals surface area contributed by atoms with Crippen molar-refractivity contribution < 1.29 is 12.8 Å². The van der Waals surface area contributed by atoms with Gasteiger partial charge in [-0.3, -0.25) is 0 Å². The van der Waals surface area contributed by atoms with Gasteiger partial charge >= 0.3 is 0 Å². The van der Waals surface area contributed by atoms with E-state index in [1.54, 1.807) is 6.33 Å². The van der Waals surface area contributed by atoms with Gasteiger partial charge < -0.3 is 4.57 Å². The maximum absolute atomic E-state index is 13.6. The smallest absolute Gasteiger partial charge is 0.186 e. The molecule has 100 valence electrons. The van der Waals surface area contributed by atoms with Gasteiger partial charge in [-0.15, -0.1) is 0 Å². The van der Waals surface area contributed by atoms with Gasteiger partial charge in [-0.1, -0.05) is 12.1 Å². The standard InChI is InChI=1S/C13H13FN2O2S/c14-12-3-1-2-4-13(12)19(17,18)8-11-7-15-9-16(11)10-5-6-10/h1-4,7,9-10H,5-6,8H2. The Morgan fingerprint density at radius 2 is 2.05 bits per heavy atom. The SMILES string of the molecule is O=S(=O)(Cc1cncn1C1CC1)c1ccccc1F. The molecule has 1 heterocycles. The number of hydrogen-bond donors (Lipinski definition) is 0. The zero-order chi connectivity index (χ0) is 13.5. The van der Waals surface area contributed by atoms with Crippen molar-refractivity contribution in [2.24, 2.45) is 0 Å². The summed E-state index contributed by atoms with van der Waals surface area (Å²) in [6, 6.07) is 5.80. The molecule has 2 aromatic rings. The van der Waals surface area contributed by atoms with E-state index in [4.69, 9.17) is 0 Å². The number of nitrogens with zero attached hydrogens (tertiary/aromatic N) is 2. The average Bonchev–Trinajstić information content (AvgIpc) is 3.11. The van der Waals surface area contributed by atoms with Crippen molar-refractivity contribution in [3.63, 3.8) is 0 Å². The largest absolute Gasteiger partial charge is 0.331 e. The molecule has 0 atom stereocenters. The van der Waals surface area contributed by atoms with Gasteiger partial charge in [-0.05, 0) is 25.0 Å². The minimum Gasteiger partial charge on any atom is -0.331 e. The Hall–Kier alpha value is -1.69. The van der Waals surface area contributed by atoms with E-state index in [-0.39, 0.29) is 10.6 Å². The number of imidazole rings is 1. The Morgan fingerprint density at radius 3 is 2.74 bits per heavy atom. The van der Waals surface area contributed by atoms with Gasteiger partial charge in [-0.25, -0.2) is 17.8 Å². The van der Waals surface area contributed by atoms with Gasteiger partial charge in [0.25, 0.3) is 0 Å². The van der Waals surface area contributed by atoms with Crippen LogP contribution in [-0.2, 0) is 15.6 Å². The number of halogens is 1. The molecule has 1 saturated carbocycles. The molecule has 0 spiro atoms. The van der Waals surface area contributed by atoms with E-state index in [9.17, 15) is 12.8 Å². The van der Waals surface area contributed by atoms with Gasteiger partial charge in [0.1, 0.15) is 10.7 Å². The molecule has 19 heavy (non-hydrogen) atoms. The molecule has 0 bridgehead atoms. The fourth-order valence-electron chi connectivity index (χ4n) is 2.09. The van der Waals surface area contributed by atoms with E-state index in [2.05, 4.69) is 4.98 Å². The monoisotopic (exact) mass is 280 g/mol. The highest BCUT2D eigenvalue weighted by atomic mass is 32.2. The molecular formula is C13H13FN2O2S. The van der Waals surface area contributed by atoms with Crippen LogP contribution >= 0.6 is 0 Å². The topological polar surface area (TPSA) is 52.0 Å².